The molecule has 106 valence electrons. The van der Waals surface area contributed by atoms with Crippen molar-refractivity contribution < 1.29 is 4.79 Å². The fraction of sp³-hybridized carbons (Fsp3) is 0.714. The summed E-state index contributed by atoms with van der Waals surface area (Å²) in [6.07, 6.45) is 6.92. The zero-order valence-corrected chi connectivity index (χ0v) is 11.9. The van der Waals surface area contributed by atoms with E-state index < -0.39 is 0 Å². The molecule has 1 aliphatic rings. The minimum atomic E-state index is -0.325. The lowest BCUT2D eigenvalue weighted by Gasteiger charge is -2.25. The number of carbonyl (C=O) groups excluding carboxylic acids is 1. The Bertz CT molecular complexity index is 446. The van der Waals surface area contributed by atoms with E-state index in [4.69, 9.17) is 5.73 Å². The van der Waals surface area contributed by atoms with Crippen LogP contribution in [0, 0.1) is 5.41 Å². The van der Waals surface area contributed by atoms with Gasteiger partial charge < -0.3 is 11.1 Å². The summed E-state index contributed by atoms with van der Waals surface area (Å²) < 4.78 is 1.80. The number of rotatable bonds is 5. The normalized spacial score (nSPS) is 17.6. The van der Waals surface area contributed by atoms with Gasteiger partial charge in [-0.1, -0.05) is 19.8 Å². The number of nitrogens with two attached hydrogens (primary N) is 1. The summed E-state index contributed by atoms with van der Waals surface area (Å²) >= 11 is 0. The van der Waals surface area contributed by atoms with Gasteiger partial charge in [0.2, 0.25) is 5.91 Å². The molecule has 0 atom stereocenters. The first-order valence-electron chi connectivity index (χ1n) is 7.11. The first-order valence-corrected chi connectivity index (χ1v) is 7.11. The van der Waals surface area contributed by atoms with E-state index in [0.29, 0.717) is 13.1 Å². The molecule has 0 aliphatic heterocycles. The minimum absolute atomic E-state index is 0.110. The van der Waals surface area contributed by atoms with Gasteiger partial charge in [0.1, 0.15) is 0 Å². The van der Waals surface area contributed by atoms with E-state index in [1.165, 1.54) is 0 Å². The summed E-state index contributed by atoms with van der Waals surface area (Å²) in [6, 6.07) is 0. The van der Waals surface area contributed by atoms with E-state index >= 15 is 0 Å². The van der Waals surface area contributed by atoms with Crippen LogP contribution in [0.2, 0.25) is 0 Å². The van der Waals surface area contributed by atoms with Crippen LogP contribution in [0.3, 0.4) is 0 Å². The van der Waals surface area contributed by atoms with Crippen LogP contribution in [0.4, 0.5) is 0 Å². The van der Waals surface area contributed by atoms with Gasteiger partial charge in [-0.3, -0.25) is 9.48 Å². The topological polar surface area (TPSA) is 72.9 Å². The third-order valence-corrected chi connectivity index (χ3v) is 4.20. The predicted octanol–water partition coefficient (Wildman–Crippen LogP) is 1.12. The summed E-state index contributed by atoms with van der Waals surface area (Å²) in [5, 5.41) is 7.43. The molecule has 1 amide bonds. The highest BCUT2D eigenvalue weighted by atomic mass is 16.2. The Kier molecular flexibility index (Phi) is 4.24. The van der Waals surface area contributed by atoms with Crippen LogP contribution in [0.1, 0.15) is 43.9 Å². The van der Waals surface area contributed by atoms with Crippen LogP contribution in [-0.2, 0) is 24.8 Å². The summed E-state index contributed by atoms with van der Waals surface area (Å²) in [5.74, 6) is 0.110. The van der Waals surface area contributed by atoms with Gasteiger partial charge in [0.25, 0.3) is 0 Å². The number of carbonyl (C=O) groups is 1. The number of nitrogens with zero attached hydrogens (tertiary/aromatic N) is 2. The maximum atomic E-state index is 12.4. The van der Waals surface area contributed by atoms with E-state index in [-0.39, 0.29) is 11.3 Å². The summed E-state index contributed by atoms with van der Waals surface area (Å²) in [4.78, 5) is 12.4. The van der Waals surface area contributed by atoms with E-state index in [9.17, 15) is 4.79 Å². The molecule has 2 rings (SSSR count). The number of aryl methyl sites for hydroxylation is 2. The van der Waals surface area contributed by atoms with Crippen molar-refractivity contribution in [2.75, 3.05) is 6.54 Å². The van der Waals surface area contributed by atoms with Crippen molar-refractivity contribution in [3.63, 3.8) is 0 Å². The lowest BCUT2D eigenvalue weighted by molar-refractivity contribution is -0.130. The van der Waals surface area contributed by atoms with Crippen LogP contribution in [0.25, 0.3) is 0 Å². The summed E-state index contributed by atoms with van der Waals surface area (Å²) in [5.41, 5.74) is 7.65. The number of nitrogens with one attached hydrogen (secondary N) is 1. The van der Waals surface area contributed by atoms with Crippen molar-refractivity contribution in [2.45, 2.75) is 45.6 Å². The highest BCUT2D eigenvalue weighted by Crippen LogP contribution is 2.37. The van der Waals surface area contributed by atoms with Gasteiger partial charge in [-0.25, -0.2) is 0 Å². The molecule has 0 saturated heterocycles. The van der Waals surface area contributed by atoms with Gasteiger partial charge >= 0.3 is 0 Å². The zero-order chi connectivity index (χ0) is 13.9. The predicted molar refractivity (Wildman–Crippen MR) is 74.4 cm³/mol. The Morgan fingerprint density at radius 2 is 2.21 bits per heavy atom. The van der Waals surface area contributed by atoms with Gasteiger partial charge in [-0.2, -0.15) is 5.10 Å². The van der Waals surface area contributed by atoms with Crippen LogP contribution >= 0.6 is 0 Å². The Morgan fingerprint density at radius 1 is 1.53 bits per heavy atom. The van der Waals surface area contributed by atoms with Crippen LogP contribution in [0.5, 0.6) is 0 Å². The minimum Gasteiger partial charge on any atom is -0.351 e. The Balaban J connectivity index is 1.99. The summed E-state index contributed by atoms with van der Waals surface area (Å²) in [6.45, 7) is 3.08. The van der Waals surface area contributed by atoms with E-state index in [0.717, 1.165) is 43.4 Å². The molecule has 3 N–H and O–H groups in total. The quantitative estimate of drug-likeness (QED) is 0.837. The second kappa shape index (κ2) is 5.74. The average molecular weight is 264 g/mol. The highest BCUT2D eigenvalue weighted by Gasteiger charge is 2.39. The number of amides is 1. The molecule has 19 heavy (non-hydrogen) atoms. The first kappa shape index (κ1) is 14.1. The largest absolute Gasteiger partial charge is 0.351 e. The first-order chi connectivity index (χ1) is 9.11. The van der Waals surface area contributed by atoms with Crippen molar-refractivity contribution in [2.24, 2.45) is 18.2 Å². The Labute approximate surface area is 114 Å². The van der Waals surface area contributed by atoms with Gasteiger partial charge in [0, 0.05) is 31.9 Å². The fourth-order valence-electron chi connectivity index (χ4n) is 2.97. The second-order valence-electron chi connectivity index (χ2n) is 5.50. The Hall–Kier alpha value is -1.36. The zero-order valence-electron chi connectivity index (χ0n) is 11.9. The fourth-order valence-corrected chi connectivity index (χ4v) is 2.97. The van der Waals surface area contributed by atoms with Crippen molar-refractivity contribution in [1.82, 2.24) is 15.1 Å². The molecular weight excluding hydrogens is 240 g/mol. The molecule has 0 aromatic carbocycles. The SMILES string of the molecule is CCc1nn(C)cc1CNC(=O)C1(CN)CCCC1. The molecule has 0 unspecified atom stereocenters. The maximum Gasteiger partial charge on any atom is 0.227 e. The summed E-state index contributed by atoms with van der Waals surface area (Å²) in [7, 11) is 1.91. The third kappa shape index (κ3) is 2.81. The molecule has 0 radical (unpaired) electrons. The van der Waals surface area contributed by atoms with Crippen molar-refractivity contribution in [3.8, 4) is 0 Å². The number of aromatic nitrogens is 2. The molecule has 1 saturated carbocycles. The lowest BCUT2D eigenvalue weighted by Crippen LogP contribution is -2.43. The van der Waals surface area contributed by atoms with Crippen LogP contribution in [-0.4, -0.2) is 22.2 Å². The molecule has 1 heterocycles. The van der Waals surface area contributed by atoms with E-state index in [1.807, 2.05) is 13.2 Å². The number of hydrogen-bond acceptors (Lipinski definition) is 3. The van der Waals surface area contributed by atoms with Gasteiger partial charge in [0.15, 0.2) is 0 Å². The monoisotopic (exact) mass is 264 g/mol. The molecule has 1 aromatic heterocycles. The molecule has 5 nitrogen and oxygen atoms in total. The number of hydrogen-bond donors (Lipinski definition) is 2. The lowest BCUT2D eigenvalue weighted by atomic mass is 9.85. The smallest absolute Gasteiger partial charge is 0.227 e. The highest BCUT2D eigenvalue weighted by molar-refractivity contribution is 5.83. The molecular formula is C14H24N4O. The third-order valence-electron chi connectivity index (χ3n) is 4.20. The molecule has 1 aromatic rings. The van der Waals surface area contributed by atoms with Crippen molar-refractivity contribution in [3.05, 3.63) is 17.5 Å². The maximum absolute atomic E-state index is 12.4. The molecule has 1 aliphatic carbocycles. The molecule has 0 spiro atoms. The standard InChI is InChI=1S/C14H24N4O/c1-3-12-11(9-18(2)17-12)8-16-13(19)14(10-15)6-4-5-7-14/h9H,3-8,10,15H2,1-2H3,(H,16,19). The van der Waals surface area contributed by atoms with Crippen LogP contribution in [0.15, 0.2) is 6.20 Å². The molecule has 5 heteroatoms. The van der Waals surface area contributed by atoms with Crippen LogP contribution < -0.4 is 11.1 Å². The van der Waals surface area contributed by atoms with E-state index in [1.54, 1.807) is 4.68 Å². The molecule has 1 fully saturated rings. The second-order valence-corrected chi connectivity index (χ2v) is 5.50. The van der Waals surface area contributed by atoms with E-state index in [2.05, 4.69) is 17.3 Å². The van der Waals surface area contributed by atoms with Gasteiger partial charge in [-0.15, -0.1) is 0 Å². The van der Waals surface area contributed by atoms with Crippen molar-refractivity contribution in [1.29, 1.82) is 0 Å². The van der Waals surface area contributed by atoms with Gasteiger partial charge in [-0.05, 0) is 19.3 Å². The van der Waals surface area contributed by atoms with Gasteiger partial charge in [0.05, 0.1) is 11.1 Å². The molecule has 0 bridgehead atoms. The van der Waals surface area contributed by atoms with Crippen molar-refractivity contribution >= 4 is 5.91 Å². The average Bonchev–Trinajstić information content (AvgIpc) is 3.02. The Morgan fingerprint density at radius 3 is 2.79 bits per heavy atom.